The minimum absolute atomic E-state index is 0.140. The van der Waals surface area contributed by atoms with E-state index in [0.29, 0.717) is 28.2 Å². The predicted molar refractivity (Wildman–Crippen MR) is 116 cm³/mol. The van der Waals surface area contributed by atoms with Gasteiger partial charge in [0.2, 0.25) is 5.43 Å². The number of rotatable bonds is 4. The van der Waals surface area contributed by atoms with Crippen molar-refractivity contribution in [1.29, 1.82) is 0 Å². The number of ketones is 1. The van der Waals surface area contributed by atoms with Crippen LogP contribution in [0, 0.1) is 13.8 Å². The Bertz CT molecular complexity index is 1270. The highest BCUT2D eigenvalue weighted by atomic mass is 35.5. The van der Waals surface area contributed by atoms with E-state index in [1.807, 2.05) is 54.8 Å². The molecule has 0 amide bonds. The van der Waals surface area contributed by atoms with Crippen LogP contribution in [0.2, 0.25) is 5.02 Å². The van der Waals surface area contributed by atoms with Crippen molar-refractivity contribution in [2.24, 2.45) is 0 Å². The van der Waals surface area contributed by atoms with E-state index >= 15 is 0 Å². The Morgan fingerprint density at radius 2 is 1.66 bits per heavy atom. The SMILES string of the molecule is Cc1ccc(C(=O)c2cn(Cc3ccc(Cl)cc3)c3nc(C)ccc3c2=O)cc1. The number of fused-ring (bicyclic) bond motifs is 1. The molecular weight excluding hydrogens is 384 g/mol. The van der Waals surface area contributed by atoms with Crippen LogP contribution in [0.15, 0.2) is 71.7 Å². The fourth-order valence-corrected chi connectivity index (χ4v) is 3.42. The molecule has 0 aliphatic heterocycles. The summed E-state index contributed by atoms with van der Waals surface area (Å²) >= 11 is 5.99. The Hall–Kier alpha value is -3.24. The smallest absolute Gasteiger partial charge is 0.202 e. The van der Waals surface area contributed by atoms with Crippen LogP contribution < -0.4 is 5.43 Å². The fourth-order valence-electron chi connectivity index (χ4n) is 3.29. The molecule has 29 heavy (non-hydrogen) atoms. The topological polar surface area (TPSA) is 52.0 Å². The number of carbonyl (C=O) groups is 1. The van der Waals surface area contributed by atoms with E-state index in [1.54, 1.807) is 30.5 Å². The molecule has 0 aliphatic carbocycles. The maximum absolute atomic E-state index is 13.1. The number of halogens is 1. The van der Waals surface area contributed by atoms with Gasteiger partial charge in [0.05, 0.1) is 10.9 Å². The second-order valence-corrected chi connectivity index (χ2v) is 7.58. The van der Waals surface area contributed by atoms with Gasteiger partial charge in [-0.05, 0) is 43.7 Å². The van der Waals surface area contributed by atoms with Crippen LogP contribution >= 0.6 is 11.6 Å². The first-order valence-corrected chi connectivity index (χ1v) is 9.67. The molecule has 0 aliphatic rings. The largest absolute Gasteiger partial charge is 0.327 e. The van der Waals surface area contributed by atoms with Crippen molar-refractivity contribution < 1.29 is 4.79 Å². The number of hydrogen-bond acceptors (Lipinski definition) is 3. The van der Waals surface area contributed by atoms with Crippen molar-refractivity contribution in [3.63, 3.8) is 0 Å². The van der Waals surface area contributed by atoms with E-state index in [4.69, 9.17) is 11.6 Å². The molecule has 144 valence electrons. The molecular formula is C24H19ClN2O2. The average Bonchev–Trinajstić information content (AvgIpc) is 2.71. The Morgan fingerprint density at radius 3 is 2.34 bits per heavy atom. The number of nitrogens with zero attached hydrogens (tertiary/aromatic N) is 2. The highest BCUT2D eigenvalue weighted by Crippen LogP contribution is 2.17. The normalized spacial score (nSPS) is 11.0. The summed E-state index contributed by atoms with van der Waals surface area (Å²) in [4.78, 5) is 30.7. The highest BCUT2D eigenvalue weighted by molar-refractivity contribution is 6.30. The van der Waals surface area contributed by atoms with E-state index in [-0.39, 0.29) is 16.8 Å². The van der Waals surface area contributed by atoms with Crippen LogP contribution in [-0.2, 0) is 6.54 Å². The van der Waals surface area contributed by atoms with Gasteiger partial charge in [0, 0.05) is 29.0 Å². The highest BCUT2D eigenvalue weighted by Gasteiger charge is 2.18. The van der Waals surface area contributed by atoms with Gasteiger partial charge < -0.3 is 4.57 Å². The van der Waals surface area contributed by atoms with Gasteiger partial charge in [0.15, 0.2) is 5.78 Å². The van der Waals surface area contributed by atoms with Crippen molar-refractivity contribution in [3.8, 4) is 0 Å². The summed E-state index contributed by atoms with van der Waals surface area (Å²) in [5.41, 5.74) is 3.75. The molecule has 4 rings (SSSR count). The number of aromatic nitrogens is 2. The van der Waals surface area contributed by atoms with Crippen LogP contribution in [-0.4, -0.2) is 15.3 Å². The zero-order valence-corrected chi connectivity index (χ0v) is 16.9. The first-order valence-electron chi connectivity index (χ1n) is 9.29. The molecule has 0 atom stereocenters. The Morgan fingerprint density at radius 1 is 0.966 bits per heavy atom. The molecule has 0 saturated heterocycles. The average molecular weight is 403 g/mol. The lowest BCUT2D eigenvalue weighted by Gasteiger charge is -2.13. The fraction of sp³-hybridized carbons (Fsp3) is 0.125. The third-order valence-electron chi connectivity index (χ3n) is 4.89. The van der Waals surface area contributed by atoms with Crippen LogP contribution in [0.4, 0.5) is 0 Å². The van der Waals surface area contributed by atoms with Crippen molar-refractivity contribution in [3.05, 3.63) is 110 Å². The Kier molecular flexibility index (Phi) is 5.03. The molecule has 4 nitrogen and oxygen atoms in total. The van der Waals surface area contributed by atoms with E-state index in [2.05, 4.69) is 4.98 Å². The first kappa shape index (κ1) is 19.1. The zero-order chi connectivity index (χ0) is 20.5. The number of aryl methyl sites for hydroxylation is 2. The molecule has 4 aromatic rings. The number of benzene rings is 2. The number of hydrogen-bond donors (Lipinski definition) is 0. The molecule has 0 unspecified atom stereocenters. The van der Waals surface area contributed by atoms with E-state index < -0.39 is 0 Å². The van der Waals surface area contributed by atoms with Gasteiger partial charge in [0.1, 0.15) is 5.65 Å². The van der Waals surface area contributed by atoms with E-state index in [0.717, 1.165) is 16.8 Å². The summed E-state index contributed by atoms with van der Waals surface area (Å²) in [6.07, 6.45) is 1.62. The molecule has 0 fully saturated rings. The quantitative estimate of drug-likeness (QED) is 0.454. The minimum atomic E-state index is -0.301. The predicted octanol–water partition coefficient (Wildman–Crippen LogP) is 4.95. The standard InChI is InChI=1S/C24H19ClN2O2/c1-15-3-8-18(9-4-15)22(28)21-14-27(13-17-6-10-19(25)11-7-17)24-20(23(21)29)12-5-16(2)26-24/h3-12,14H,13H2,1-2H3. The molecule has 0 N–H and O–H groups in total. The summed E-state index contributed by atoms with van der Waals surface area (Å²) in [5.74, 6) is -0.290. The summed E-state index contributed by atoms with van der Waals surface area (Å²) in [5, 5.41) is 1.09. The van der Waals surface area contributed by atoms with Crippen LogP contribution in [0.5, 0.6) is 0 Å². The summed E-state index contributed by atoms with van der Waals surface area (Å²) in [7, 11) is 0. The maximum atomic E-state index is 13.1. The molecule has 2 aromatic heterocycles. The summed E-state index contributed by atoms with van der Waals surface area (Å²) in [6, 6.07) is 18.2. The number of carbonyl (C=O) groups excluding carboxylic acids is 1. The van der Waals surface area contributed by atoms with Gasteiger partial charge in [-0.3, -0.25) is 9.59 Å². The molecule has 5 heteroatoms. The molecule has 0 radical (unpaired) electrons. The third kappa shape index (κ3) is 3.84. The second-order valence-electron chi connectivity index (χ2n) is 7.15. The van der Waals surface area contributed by atoms with Gasteiger partial charge in [-0.25, -0.2) is 4.98 Å². The second kappa shape index (κ2) is 7.64. The molecule has 2 aromatic carbocycles. The number of pyridine rings is 2. The lowest BCUT2D eigenvalue weighted by atomic mass is 10.0. The van der Waals surface area contributed by atoms with Crippen molar-refractivity contribution in [2.45, 2.75) is 20.4 Å². The monoisotopic (exact) mass is 402 g/mol. The zero-order valence-electron chi connectivity index (χ0n) is 16.1. The lowest BCUT2D eigenvalue weighted by Crippen LogP contribution is -2.21. The molecule has 0 saturated carbocycles. The van der Waals surface area contributed by atoms with E-state index in [1.165, 1.54) is 0 Å². The molecule has 0 spiro atoms. The van der Waals surface area contributed by atoms with E-state index in [9.17, 15) is 9.59 Å². The Balaban J connectivity index is 1.89. The minimum Gasteiger partial charge on any atom is -0.327 e. The van der Waals surface area contributed by atoms with Crippen LogP contribution in [0.3, 0.4) is 0 Å². The maximum Gasteiger partial charge on any atom is 0.202 e. The molecule has 2 heterocycles. The van der Waals surface area contributed by atoms with Gasteiger partial charge >= 0.3 is 0 Å². The third-order valence-corrected chi connectivity index (χ3v) is 5.14. The van der Waals surface area contributed by atoms with Gasteiger partial charge in [0.25, 0.3) is 0 Å². The molecule has 0 bridgehead atoms. The summed E-state index contributed by atoms with van der Waals surface area (Å²) < 4.78 is 1.86. The van der Waals surface area contributed by atoms with Crippen LogP contribution in [0.1, 0.15) is 32.7 Å². The van der Waals surface area contributed by atoms with Gasteiger partial charge in [-0.15, -0.1) is 0 Å². The van der Waals surface area contributed by atoms with Crippen molar-refractivity contribution in [2.75, 3.05) is 0 Å². The lowest BCUT2D eigenvalue weighted by molar-refractivity contribution is 0.103. The van der Waals surface area contributed by atoms with Gasteiger partial charge in [-0.2, -0.15) is 0 Å². The van der Waals surface area contributed by atoms with Crippen LogP contribution in [0.25, 0.3) is 11.0 Å². The van der Waals surface area contributed by atoms with Crippen molar-refractivity contribution >= 4 is 28.4 Å². The first-order chi connectivity index (χ1) is 13.9. The Labute approximate surface area is 173 Å². The summed E-state index contributed by atoms with van der Waals surface area (Å²) in [6.45, 7) is 4.30. The van der Waals surface area contributed by atoms with Crippen molar-refractivity contribution in [1.82, 2.24) is 9.55 Å². The van der Waals surface area contributed by atoms with Gasteiger partial charge in [-0.1, -0.05) is 53.6 Å².